The number of aromatic nitrogens is 2. The molecule has 1 saturated heterocycles. The predicted octanol–water partition coefficient (Wildman–Crippen LogP) is 0.561. The van der Waals surface area contributed by atoms with Crippen molar-refractivity contribution in [3.05, 3.63) is 11.3 Å². The molecule has 0 aliphatic carbocycles. The van der Waals surface area contributed by atoms with Gasteiger partial charge in [0.1, 0.15) is 17.5 Å². The summed E-state index contributed by atoms with van der Waals surface area (Å²) in [6.07, 6.45) is 0.724. The summed E-state index contributed by atoms with van der Waals surface area (Å²) in [4.78, 5) is 2.03. The molecule has 1 aliphatic rings. The van der Waals surface area contributed by atoms with Gasteiger partial charge in [-0.1, -0.05) is 0 Å². The first-order valence-electron chi connectivity index (χ1n) is 5.35. The average Bonchev–Trinajstić information content (AvgIpc) is 2.66. The number of aryl methyl sites for hydroxylation is 2. The molecular weight excluding hydrogens is 204 g/mol. The summed E-state index contributed by atoms with van der Waals surface area (Å²) < 4.78 is 1.72. The Hall–Kier alpha value is -1.54. The Morgan fingerprint density at radius 3 is 2.75 bits per heavy atom. The molecule has 16 heavy (non-hydrogen) atoms. The summed E-state index contributed by atoms with van der Waals surface area (Å²) in [7, 11) is 1.83. The van der Waals surface area contributed by atoms with Crippen LogP contribution >= 0.6 is 0 Å². The number of aliphatic hydroxyl groups is 1. The van der Waals surface area contributed by atoms with Crippen LogP contribution < -0.4 is 4.90 Å². The van der Waals surface area contributed by atoms with Gasteiger partial charge in [0.2, 0.25) is 0 Å². The monoisotopic (exact) mass is 220 g/mol. The van der Waals surface area contributed by atoms with Crippen LogP contribution in [0.3, 0.4) is 0 Å². The van der Waals surface area contributed by atoms with Crippen molar-refractivity contribution in [3.8, 4) is 6.07 Å². The second-order valence-electron chi connectivity index (χ2n) is 4.69. The van der Waals surface area contributed by atoms with Crippen molar-refractivity contribution in [3.63, 3.8) is 0 Å². The molecule has 0 bridgehead atoms. The van der Waals surface area contributed by atoms with Crippen LogP contribution in [0.15, 0.2) is 0 Å². The van der Waals surface area contributed by atoms with Crippen molar-refractivity contribution in [1.82, 2.24) is 9.78 Å². The van der Waals surface area contributed by atoms with E-state index in [1.165, 1.54) is 0 Å². The van der Waals surface area contributed by atoms with Gasteiger partial charge in [0.15, 0.2) is 0 Å². The molecule has 0 aromatic carbocycles. The first-order chi connectivity index (χ1) is 7.44. The van der Waals surface area contributed by atoms with Gasteiger partial charge in [-0.25, -0.2) is 0 Å². The van der Waals surface area contributed by atoms with Crippen molar-refractivity contribution in [2.45, 2.75) is 25.9 Å². The largest absolute Gasteiger partial charge is 0.388 e. The SMILES string of the molecule is Cc1nn(C)c(N2CCC(C)(O)C2)c1C#N. The third-order valence-electron chi connectivity index (χ3n) is 3.06. The zero-order valence-electron chi connectivity index (χ0n) is 9.86. The Morgan fingerprint density at radius 2 is 2.25 bits per heavy atom. The molecule has 0 spiro atoms. The number of hydrogen-bond donors (Lipinski definition) is 1. The Labute approximate surface area is 94.9 Å². The molecule has 1 atom stereocenters. The maximum absolute atomic E-state index is 9.93. The van der Waals surface area contributed by atoms with E-state index in [0.717, 1.165) is 24.5 Å². The molecule has 2 heterocycles. The lowest BCUT2D eigenvalue weighted by Gasteiger charge is -2.20. The molecule has 86 valence electrons. The maximum Gasteiger partial charge on any atom is 0.145 e. The van der Waals surface area contributed by atoms with Gasteiger partial charge < -0.3 is 10.0 Å². The summed E-state index contributed by atoms with van der Waals surface area (Å²) in [5.74, 6) is 0.817. The van der Waals surface area contributed by atoms with E-state index in [1.54, 1.807) is 4.68 Å². The topological polar surface area (TPSA) is 65.1 Å². The van der Waals surface area contributed by atoms with Crippen molar-refractivity contribution in [2.24, 2.45) is 7.05 Å². The molecule has 0 amide bonds. The van der Waals surface area contributed by atoms with Gasteiger partial charge in [-0.2, -0.15) is 10.4 Å². The maximum atomic E-state index is 9.93. The van der Waals surface area contributed by atoms with Crippen LogP contribution in [0.25, 0.3) is 0 Å². The second kappa shape index (κ2) is 3.49. The smallest absolute Gasteiger partial charge is 0.145 e. The Kier molecular flexibility index (Phi) is 2.39. The molecule has 1 N–H and O–H groups in total. The molecular formula is C11H16N4O. The Morgan fingerprint density at radius 1 is 1.56 bits per heavy atom. The Balaban J connectivity index is 2.39. The van der Waals surface area contributed by atoms with Crippen LogP contribution in [0.1, 0.15) is 24.6 Å². The van der Waals surface area contributed by atoms with Crippen LogP contribution in [0.4, 0.5) is 5.82 Å². The predicted molar refractivity (Wildman–Crippen MR) is 60.1 cm³/mol. The number of hydrogen-bond acceptors (Lipinski definition) is 4. The normalized spacial score (nSPS) is 24.8. The van der Waals surface area contributed by atoms with E-state index in [0.29, 0.717) is 12.1 Å². The van der Waals surface area contributed by atoms with E-state index < -0.39 is 5.60 Å². The molecule has 5 nitrogen and oxygen atoms in total. The van der Waals surface area contributed by atoms with Gasteiger partial charge in [0, 0.05) is 20.1 Å². The Bertz CT molecular complexity index is 455. The van der Waals surface area contributed by atoms with Crippen LogP contribution in [0.5, 0.6) is 0 Å². The highest BCUT2D eigenvalue weighted by Gasteiger charge is 2.34. The lowest BCUT2D eigenvalue weighted by atomic mass is 10.1. The molecule has 5 heteroatoms. The fourth-order valence-corrected chi connectivity index (χ4v) is 2.27. The van der Waals surface area contributed by atoms with E-state index in [2.05, 4.69) is 11.2 Å². The second-order valence-corrected chi connectivity index (χ2v) is 4.69. The zero-order valence-corrected chi connectivity index (χ0v) is 9.86. The standard InChI is InChI=1S/C11H16N4O/c1-8-9(6-12)10(14(3)13-8)15-5-4-11(2,16)7-15/h16H,4-5,7H2,1-3H3. The minimum atomic E-state index is -0.662. The molecule has 2 rings (SSSR count). The average molecular weight is 220 g/mol. The van der Waals surface area contributed by atoms with Gasteiger partial charge in [-0.3, -0.25) is 4.68 Å². The van der Waals surface area contributed by atoms with Crippen LogP contribution in [0, 0.1) is 18.3 Å². The van der Waals surface area contributed by atoms with Gasteiger partial charge in [-0.05, 0) is 20.3 Å². The quantitative estimate of drug-likeness (QED) is 0.751. The first-order valence-corrected chi connectivity index (χ1v) is 5.35. The summed E-state index contributed by atoms with van der Waals surface area (Å²) >= 11 is 0. The zero-order chi connectivity index (χ0) is 11.9. The summed E-state index contributed by atoms with van der Waals surface area (Å²) in [5.41, 5.74) is 0.692. The van der Waals surface area contributed by atoms with Crippen LogP contribution in [-0.4, -0.2) is 33.6 Å². The van der Waals surface area contributed by atoms with Crippen molar-refractivity contribution in [2.75, 3.05) is 18.0 Å². The van der Waals surface area contributed by atoms with Crippen LogP contribution in [-0.2, 0) is 7.05 Å². The number of β-amino-alcohol motifs (C(OH)–C–C–N with tert-alkyl or cyclic N) is 1. The highest BCUT2D eigenvalue weighted by molar-refractivity contribution is 5.57. The minimum absolute atomic E-state index is 0.556. The van der Waals surface area contributed by atoms with Crippen LogP contribution in [0.2, 0.25) is 0 Å². The highest BCUT2D eigenvalue weighted by Crippen LogP contribution is 2.29. The molecule has 1 aromatic heterocycles. The number of anilines is 1. The van der Waals surface area contributed by atoms with Gasteiger partial charge in [0.05, 0.1) is 11.3 Å². The number of rotatable bonds is 1. The summed E-state index contributed by atoms with van der Waals surface area (Å²) in [5, 5.41) is 23.3. The highest BCUT2D eigenvalue weighted by atomic mass is 16.3. The lowest BCUT2D eigenvalue weighted by molar-refractivity contribution is 0.0838. The van der Waals surface area contributed by atoms with E-state index in [-0.39, 0.29) is 0 Å². The third-order valence-corrected chi connectivity index (χ3v) is 3.06. The first kappa shape index (κ1) is 11.0. The summed E-state index contributed by atoms with van der Waals surface area (Å²) in [6.45, 7) is 4.97. The minimum Gasteiger partial charge on any atom is -0.388 e. The molecule has 0 saturated carbocycles. The molecule has 1 aromatic rings. The van der Waals surface area contributed by atoms with Gasteiger partial charge >= 0.3 is 0 Å². The molecule has 1 unspecified atom stereocenters. The lowest BCUT2D eigenvalue weighted by Crippen LogP contribution is -2.30. The van der Waals surface area contributed by atoms with E-state index in [1.807, 2.05) is 25.8 Å². The molecule has 0 radical (unpaired) electrons. The van der Waals surface area contributed by atoms with Gasteiger partial charge in [-0.15, -0.1) is 0 Å². The van der Waals surface area contributed by atoms with Crippen molar-refractivity contribution < 1.29 is 5.11 Å². The van der Waals surface area contributed by atoms with Crippen molar-refractivity contribution in [1.29, 1.82) is 5.26 Å². The third kappa shape index (κ3) is 1.65. The fourth-order valence-electron chi connectivity index (χ4n) is 2.27. The molecule has 1 aliphatic heterocycles. The number of nitrogens with zero attached hydrogens (tertiary/aromatic N) is 4. The van der Waals surface area contributed by atoms with E-state index in [9.17, 15) is 5.11 Å². The number of nitriles is 1. The van der Waals surface area contributed by atoms with Gasteiger partial charge in [0.25, 0.3) is 0 Å². The van der Waals surface area contributed by atoms with E-state index in [4.69, 9.17) is 5.26 Å². The van der Waals surface area contributed by atoms with Crippen molar-refractivity contribution >= 4 is 5.82 Å². The van der Waals surface area contributed by atoms with E-state index >= 15 is 0 Å². The summed E-state index contributed by atoms with van der Waals surface area (Å²) in [6, 6.07) is 2.18. The molecule has 1 fully saturated rings. The fraction of sp³-hybridized carbons (Fsp3) is 0.636.